The third-order valence-corrected chi connectivity index (χ3v) is 7.40. The minimum Gasteiger partial charge on any atom is -0.494 e. The van der Waals surface area contributed by atoms with Crippen molar-refractivity contribution in [2.45, 2.75) is 90.5 Å². The molecular weight excluding hydrogens is 544 g/mol. The third kappa shape index (κ3) is 12.4. The molecule has 0 saturated carbocycles. The number of amides is 1. The number of ether oxygens (including phenoxy) is 1. The number of nitrogens with one attached hydrogen (secondary N) is 1. The van der Waals surface area contributed by atoms with Crippen molar-refractivity contribution in [2.75, 3.05) is 17.8 Å². The Morgan fingerprint density at radius 2 is 1.57 bits per heavy atom. The maximum absolute atomic E-state index is 12.9. The molecule has 0 unspecified atom stereocenters. The summed E-state index contributed by atoms with van der Waals surface area (Å²) in [7, 11) is 0. The van der Waals surface area contributed by atoms with Crippen LogP contribution in [0.1, 0.15) is 99.9 Å². The number of para-hydroxylation sites is 1. The van der Waals surface area contributed by atoms with Gasteiger partial charge in [-0.05, 0) is 41.7 Å². The highest BCUT2D eigenvalue weighted by molar-refractivity contribution is 8.93. The summed E-state index contributed by atoms with van der Waals surface area (Å²) in [5.41, 5.74) is 2.58. The highest BCUT2D eigenvalue weighted by atomic mass is 79.9. The number of hydrogen-bond acceptors (Lipinski definition) is 4. The summed E-state index contributed by atoms with van der Waals surface area (Å²) in [5, 5.41) is 5.19. The molecule has 1 aliphatic heterocycles. The predicted octanol–water partition coefficient (Wildman–Crippen LogP) is 9.57. The van der Waals surface area contributed by atoms with Gasteiger partial charge in [0.05, 0.1) is 12.5 Å². The van der Waals surface area contributed by atoms with Gasteiger partial charge in [-0.1, -0.05) is 102 Å². The second kappa shape index (κ2) is 19.2. The second-order valence-electron chi connectivity index (χ2n) is 9.70. The van der Waals surface area contributed by atoms with Crippen molar-refractivity contribution in [3.63, 3.8) is 0 Å². The number of hydrogen-bond donors (Lipinski definition) is 1. The lowest BCUT2D eigenvalue weighted by Gasteiger charge is -2.18. The molecule has 1 amide bonds. The van der Waals surface area contributed by atoms with Gasteiger partial charge >= 0.3 is 0 Å². The first-order chi connectivity index (χ1) is 17.8. The molecule has 0 fully saturated rings. The zero-order chi connectivity index (χ0) is 25.3. The first kappa shape index (κ1) is 31.3. The maximum atomic E-state index is 12.9. The number of carbonyl (C=O) groups is 1. The zero-order valence-corrected chi connectivity index (χ0v) is 25.0. The van der Waals surface area contributed by atoms with Crippen LogP contribution in [0.3, 0.4) is 0 Å². The Bertz CT molecular complexity index is 937. The number of unbranched alkanes of at least 4 members (excludes halogenated alkanes) is 11. The standard InChI is InChI=1S/C31H44N2O2S.BrH/c1-2-3-4-5-6-7-8-9-10-11-12-15-22-35-29-19-16-18-27(24-29)31(34)32-30-20-14-13-17-28(30)25-33-21-23-36-26-33;/h13-14,16-21,23-24H,2-12,15,22,25-26H2,1H3,(H,32,34);1H. The number of anilines is 1. The van der Waals surface area contributed by atoms with E-state index in [1.54, 1.807) is 11.8 Å². The quantitative estimate of drug-likeness (QED) is 0.176. The minimum absolute atomic E-state index is 0. The summed E-state index contributed by atoms with van der Waals surface area (Å²) in [6.07, 6.45) is 18.1. The van der Waals surface area contributed by atoms with Crippen molar-refractivity contribution < 1.29 is 9.53 Å². The summed E-state index contributed by atoms with van der Waals surface area (Å²) in [5.74, 6) is 1.60. The van der Waals surface area contributed by atoms with Crippen LogP contribution < -0.4 is 10.1 Å². The van der Waals surface area contributed by atoms with Crippen LogP contribution in [-0.2, 0) is 6.54 Å². The van der Waals surface area contributed by atoms with E-state index in [2.05, 4.69) is 34.8 Å². The highest BCUT2D eigenvalue weighted by Crippen LogP contribution is 2.23. The number of thioether (sulfide) groups is 1. The lowest BCUT2D eigenvalue weighted by Crippen LogP contribution is -2.17. The van der Waals surface area contributed by atoms with Crippen LogP contribution >= 0.6 is 28.7 Å². The van der Waals surface area contributed by atoms with Gasteiger partial charge in [-0.3, -0.25) is 4.79 Å². The Morgan fingerprint density at radius 1 is 0.892 bits per heavy atom. The Kier molecular flexibility index (Phi) is 16.2. The van der Waals surface area contributed by atoms with Crippen LogP contribution in [0.25, 0.3) is 0 Å². The van der Waals surface area contributed by atoms with Crippen LogP contribution in [0, 0.1) is 0 Å². The fourth-order valence-corrected chi connectivity index (χ4v) is 5.18. The molecule has 4 nitrogen and oxygen atoms in total. The summed E-state index contributed by atoms with van der Waals surface area (Å²) in [4.78, 5) is 15.2. The molecule has 0 bridgehead atoms. The molecule has 1 N–H and O–H groups in total. The van der Waals surface area contributed by atoms with E-state index in [1.165, 1.54) is 70.6 Å². The van der Waals surface area contributed by atoms with Gasteiger partial charge in [0.2, 0.25) is 0 Å². The van der Waals surface area contributed by atoms with Crippen molar-refractivity contribution in [3.05, 3.63) is 71.3 Å². The molecule has 0 spiro atoms. The van der Waals surface area contributed by atoms with Gasteiger partial charge < -0.3 is 15.0 Å². The Labute approximate surface area is 239 Å². The molecule has 3 rings (SSSR count). The summed E-state index contributed by atoms with van der Waals surface area (Å²) in [6.45, 7) is 3.76. The molecule has 204 valence electrons. The molecular formula is C31H45BrN2O2S. The monoisotopic (exact) mass is 588 g/mol. The molecule has 1 aliphatic rings. The van der Waals surface area contributed by atoms with Crippen LogP contribution in [0.4, 0.5) is 5.69 Å². The van der Waals surface area contributed by atoms with E-state index in [9.17, 15) is 4.79 Å². The number of benzene rings is 2. The minimum atomic E-state index is -0.107. The van der Waals surface area contributed by atoms with E-state index in [-0.39, 0.29) is 22.9 Å². The molecule has 0 radical (unpaired) electrons. The fourth-order valence-electron chi connectivity index (χ4n) is 4.46. The van der Waals surface area contributed by atoms with Crippen molar-refractivity contribution in [2.24, 2.45) is 0 Å². The van der Waals surface area contributed by atoms with Crippen molar-refractivity contribution >= 4 is 40.3 Å². The van der Waals surface area contributed by atoms with E-state index in [0.29, 0.717) is 12.2 Å². The normalized spacial score (nSPS) is 12.4. The van der Waals surface area contributed by atoms with Crippen LogP contribution in [0.5, 0.6) is 5.75 Å². The van der Waals surface area contributed by atoms with Gasteiger partial charge in [-0.25, -0.2) is 0 Å². The SMILES string of the molecule is Br.CCCCCCCCCCCCCCOc1cccc(C(=O)Nc2ccccc2CN2C=CSC2)c1. The summed E-state index contributed by atoms with van der Waals surface area (Å²) in [6, 6.07) is 15.5. The Balaban J connectivity index is 0.00000481. The number of halogens is 1. The largest absolute Gasteiger partial charge is 0.494 e. The van der Waals surface area contributed by atoms with E-state index in [1.807, 2.05) is 42.5 Å². The van der Waals surface area contributed by atoms with Crippen molar-refractivity contribution in [1.29, 1.82) is 0 Å². The lowest BCUT2D eigenvalue weighted by molar-refractivity contribution is 0.102. The Hall–Kier alpha value is -1.92. The molecule has 0 atom stereocenters. The number of rotatable bonds is 18. The van der Waals surface area contributed by atoms with E-state index >= 15 is 0 Å². The molecule has 1 heterocycles. The highest BCUT2D eigenvalue weighted by Gasteiger charge is 2.12. The van der Waals surface area contributed by atoms with Gasteiger partial charge in [0, 0.05) is 24.0 Å². The van der Waals surface area contributed by atoms with E-state index in [4.69, 9.17) is 4.74 Å². The molecule has 0 aliphatic carbocycles. The van der Waals surface area contributed by atoms with Crippen molar-refractivity contribution in [3.8, 4) is 5.75 Å². The predicted molar refractivity (Wildman–Crippen MR) is 165 cm³/mol. The second-order valence-corrected chi connectivity index (χ2v) is 10.6. The van der Waals surface area contributed by atoms with Gasteiger partial charge in [0.1, 0.15) is 5.75 Å². The average molecular weight is 590 g/mol. The summed E-state index contributed by atoms with van der Waals surface area (Å²) >= 11 is 1.78. The van der Waals surface area contributed by atoms with Gasteiger partial charge in [0.15, 0.2) is 0 Å². The molecule has 0 aromatic heterocycles. The number of carbonyl (C=O) groups excluding carboxylic acids is 1. The van der Waals surface area contributed by atoms with Gasteiger partial charge in [-0.2, -0.15) is 0 Å². The van der Waals surface area contributed by atoms with Gasteiger partial charge in [-0.15, -0.1) is 28.7 Å². The average Bonchev–Trinajstić information content (AvgIpc) is 3.41. The van der Waals surface area contributed by atoms with Crippen LogP contribution in [-0.4, -0.2) is 23.3 Å². The molecule has 0 saturated heterocycles. The molecule has 37 heavy (non-hydrogen) atoms. The van der Waals surface area contributed by atoms with E-state index in [0.717, 1.165) is 35.8 Å². The van der Waals surface area contributed by atoms with Crippen LogP contribution in [0.15, 0.2) is 60.1 Å². The maximum Gasteiger partial charge on any atom is 0.255 e. The Morgan fingerprint density at radius 3 is 2.24 bits per heavy atom. The first-order valence-corrected chi connectivity index (χ1v) is 15.0. The lowest BCUT2D eigenvalue weighted by atomic mass is 10.1. The molecule has 2 aromatic carbocycles. The van der Waals surface area contributed by atoms with Crippen LogP contribution in [0.2, 0.25) is 0 Å². The van der Waals surface area contributed by atoms with Gasteiger partial charge in [0.25, 0.3) is 5.91 Å². The fraction of sp³-hybridized carbons (Fsp3) is 0.516. The topological polar surface area (TPSA) is 41.6 Å². The third-order valence-electron chi connectivity index (χ3n) is 6.61. The summed E-state index contributed by atoms with van der Waals surface area (Å²) < 4.78 is 5.95. The van der Waals surface area contributed by atoms with E-state index < -0.39 is 0 Å². The number of nitrogens with zero attached hydrogens (tertiary/aromatic N) is 1. The molecule has 2 aromatic rings. The van der Waals surface area contributed by atoms with Crippen molar-refractivity contribution in [1.82, 2.24) is 4.90 Å². The first-order valence-electron chi connectivity index (χ1n) is 13.9. The smallest absolute Gasteiger partial charge is 0.255 e. The zero-order valence-electron chi connectivity index (χ0n) is 22.5. The molecule has 6 heteroatoms.